The number of nitrogens with zero attached hydrogens (tertiary/aromatic N) is 1. The summed E-state index contributed by atoms with van der Waals surface area (Å²) < 4.78 is 20.7. The van der Waals surface area contributed by atoms with Crippen molar-refractivity contribution in [3.63, 3.8) is 0 Å². The predicted molar refractivity (Wildman–Crippen MR) is 114 cm³/mol. The van der Waals surface area contributed by atoms with Gasteiger partial charge in [0.15, 0.2) is 18.1 Å². The van der Waals surface area contributed by atoms with Gasteiger partial charge in [-0.1, -0.05) is 6.07 Å². The number of esters is 1. The van der Waals surface area contributed by atoms with Crippen LogP contribution in [0, 0.1) is 0 Å². The normalized spacial score (nSPS) is 14.2. The molecule has 1 heterocycles. The number of hydrogen-bond donors (Lipinski definition) is 1. The van der Waals surface area contributed by atoms with E-state index in [-0.39, 0.29) is 24.6 Å². The van der Waals surface area contributed by atoms with E-state index >= 15 is 0 Å². The molecule has 2 rings (SSSR count). The van der Waals surface area contributed by atoms with Gasteiger partial charge in [0.05, 0.1) is 20.3 Å². The minimum absolute atomic E-state index is 0.0660. The van der Waals surface area contributed by atoms with Crippen molar-refractivity contribution >= 4 is 24.0 Å². The molecule has 9 nitrogen and oxygen atoms in total. The van der Waals surface area contributed by atoms with Crippen molar-refractivity contribution in [3.05, 3.63) is 29.8 Å². The first-order valence-electron chi connectivity index (χ1n) is 10.3. The number of methoxy groups -OCH3 is 1. The molecule has 0 bridgehead atoms. The van der Waals surface area contributed by atoms with E-state index in [1.165, 1.54) is 6.08 Å². The number of amides is 2. The lowest BCUT2D eigenvalue weighted by Gasteiger charge is -2.31. The number of carbonyl (C=O) groups excluding carboxylic acids is 3. The molecule has 0 aliphatic carbocycles. The van der Waals surface area contributed by atoms with Crippen LogP contribution in [0.2, 0.25) is 0 Å². The van der Waals surface area contributed by atoms with Crippen LogP contribution in [0.3, 0.4) is 0 Å². The minimum atomic E-state index is -0.625. The molecule has 1 N–H and O–H groups in total. The minimum Gasteiger partial charge on any atom is -0.493 e. The number of rotatable bonds is 9. The van der Waals surface area contributed by atoms with Crippen LogP contribution in [0.5, 0.6) is 11.5 Å². The van der Waals surface area contributed by atoms with Crippen LogP contribution in [0.25, 0.3) is 6.08 Å². The van der Waals surface area contributed by atoms with Crippen LogP contribution < -0.4 is 14.8 Å². The van der Waals surface area contributed by atoms with Crippen LogP contribution in [0.4, 0.5) is 4.79 Å². The van der Waals surface area contributed by atoms with Gasteiger partial charge in [0.25, 0.3) is 5.91 Å². The Labute approximate surface area is 182 Å². The Morgan fingerprint density at radius 1 is 1.10 bits per heavy atom. The maximum absolute atomic E-state index is 12.0. The molecule has 1 saturated heterocycles. The lowest BCUT2D eigenvalue weighted by molar-refractivity contribution is -0.144. The molecule has 0 spiro atoms. The Morgan fingerprint density at radius 2 is 1.84 bits per heavy atom. The average molecular weight is 434 g/mol. The van der Waals surface area contributed by atoms with Gasteiger partial charge in [-0.15, -0.1) is 0 Å². The molecule has 0 atom stereocenters. The number of likely N-dealkylation sites (tertiary alicyclic amines) is 1. The summed E-state index contributed by atoms with van der Waals surface area (Å²) in [5.74, 6) is 0.180. The maximum Gasteiger partial charge on any atom is 0.409 e. The van der Waals surface area contributed by atoms with Crippen LogP contribution >= 0.6 is 0 Å². The average Bonchev–Trinajstić information content (AvgIpc) is 2.77. The Kier molecular flexibility index (Phi) is 9.67. The zero-order valence-corrected chi connectivity index (χ0v) is 18.2. The molecule has 1 aromatic rings. The molecular formula is C22H30N2O7. The van der Waals surface area contributed by atoms with Gasteiger partial charge in [-0.3, -0.25) is 4.79 Å². The number of hydrogen-bond acceptors (Lipinski definition) is 7. The zero-order valence-electron chi connectivity index (χ0n) is 18.2. The van der Waals surface area contributed by atoms with Crippen molar-refractivity contribution in [2.24, 2.45) is 0 Å². The van der Waals surface area contributed by atoms with Gasteiger partial charge in [-0.2, -0.15) is 0 Å². The van der Waals surface area contributed by atoms with Gasteiger partial charge in [0.2, 0.25) is 0 Å². The summed E-state index contributed by atoms with van der Waals surface area (Å²) in [4.78, 5) is 37.3. The zero-order chi connectivity index (χ0) is 22.6. The molecule has 1 aliphatic rings. The van der Waals surface area contributed by atoms with Crippen molar-refractivity contribution in [2.75, 3.05) is 40.0 Å². The monoisotopic (exact) mass is 434 g/mol. The molecule has 1 aliphatic heterocycles. The second kappa shape index (κ2) is 12.5. The number of piperidine rings is 1. The van der Waals surface area contributed by atoms with Crippen LogP contribution in [-0.2, 0) is 19.1 Å². The van der Waals surface area contributed by atoms with E-state index < -0.39 is 5.97 Å². The quantitative estimate of drug-likeness (QED) is 0.470. The van der Waals surface area contributed by atoms with Gasteiger partial charge < -0.3 is 29.2 Å². The Bertz CT molecular complexity index is 786. The second-order valence-electron chi connectivity index (χ2n) is 6.81. The number of ether oxygens (including phenoxy) is 4. The first kappa shape index (κ1) is 24.0. The van der Waals surface area contributed by atoms with Crippen molar-refractivity contribution in [1.82, 2.24) is 10.2 Å². The molecule has 170 valence electrons. The number of carbonyl (C=O) groups is 3. The molecule has 0 unspecified atom stereocenters. The maximum atomic E-state index is 12.0. The summed E-state index contributed by atoms with van der Waals surface area (Å²) in [5, 5.41) is 2.82. The third-order valence-corrected chi connectivity index (χ3v) is 4.63. The summed E-state index contributed by atoms with van der Waals surface area (Å²) in [5.41, 5.74) is 0.732. The lowest BCUT2D eigenvalue weighted by Crippen LogP contribution is -2.47. The summed E-state index contributed by atoms with van der Waals surface area (Å²) in [6.45, 7) is 5.15. The van der Waals surface area contributed by atoms with E-state index in [4.69, 9.17) is 18.9 Å². The third-order valence-electron chi connectivity index (χ3n) is 4.63. The number of nitrogens with one attached hydrogen (secondary N) is 1. The van der Waals surface area contributed by atoms with E-state index in [9.17, 15) is 14.4 Å². The number of benzene rings is 1. The van der Waals surface area contributed by atoms with E-state index in [0.717, 1.165) is 5.56 Å². The molecule has 31 heavy (non-hydrogen) atoms. The Hall–Kier alpha value is -3.23. The van der Waals surface area contributed by atoms with Gasteiger partial charge >= 0.3 is 12.1 Å². The van der Waals surface area contributed by atoms with Gasteiger partial charge in [-0.05, 0) is 50.5 Å². The van der Waals surface area contributed by atoms with E-state index in [1.807, 2.05) is 6.92 Å². The highest BCUT2D eigenvalue weighted by Crippen LogP contribution is 2.28. The fourth-order valence-corrected chi connectivity index (χ4v) is 3.10. The predicted octanol–water partition coefficient (Wildman–Crippen LogP) is 2.39. The van der Waals surface area contributed by atoms with Crippen molar-refractivity contribution in [2.45, 2.75) is 32.7 Å². The molecule has 1 fully saturated rings. The van der Waals surface area contributed by atoms with Gasteiger partial charge in [-0.25, -0.2) is 9.59 Å². The van der Waals surface area contributed by atoms with Crippen molar-refractivity contribution in [1.29, 1.82) is 0 Å². The summed E-state index contributed by atoms with van der Waals surface area (Å²) in [7, 11) is 1.54. The van der Waals surface area contributed by atoms with E-state index in [1.54, 1.807) is 43.2 Å². The topological polar surface area (TPSA) is 103 Å². The van der Waals surface area contributed by atoms with E-state index in [0.29, 0.717) is 50.6 Å². The Morgan fingerprint density at radius 3 is 2.48 bits per heavy atom. The highest BCUT2D eigenvalue weighted by atomic mass is 16.6. The van der Waals surface area contributed by atoms with Crippen LogP contribution in [-0.4, -0.2) is 68.9 Å². The molecule has 1 aromatic carbocycles. The van der Waals surface area contributed by atoms with Crippen LogP contribution in [0.1, 0.15) is 32.3 Å². The first-order chi connectivity index (χ1) is 15.0. The highest BCUT2D eigenvalue weighted by molar-refractivity contribution is 5.89. The van der Waals surface area contributed by atoms with Gasteiger partial charge in [0.1, 0.15) is 0 Å². The van der Waals surface area contributed by atoms with Crippen LogP contribution in [0.15, 0.2) is 24.3 Å². The molecular weight excluding hydrogens is 404 g/mol. The standard InChI is InChI=1S/C22H30N2O7/c1-4-29-18-8-6-16(14-19(18)28-3)7-9-21(26)31-15-20(25)23-17-10-12-24(13-11-17)22(27)30-5-2/h6-9,14,17H,4-5,10-13,15H2,1-3H3,(H,23,25)/b9-7+. The fourth-order valence-electron chi connectivity index (χ4n) is 3.10. The first-order valence-corrected chi connectivity index (χ1v) is 10.3. The third kappa shape index (κ3) is 7.84. The highest BCUT2D eigenvalue weighted by Gasteiger charge is 2.24. The van der Waals surface area contributed by atoms with E-state index in [2.05, 4.69) is 5.32 Å². The summed E-state index contributed by atoms with van der Waals surface area (Å²) in [6, 6.07) is 5.22. The lowest BCUT2D eigenvalue weighted by atomic mass is 10.1. The molecule has 2 amide bonds. The summed E-state index contributed by atoms with van der Waals surface area (Å²) in [6.07, 6.45) is 3.73. The van der Waals surface area contributed by atoms with Gasteiger partial charge in [0, 0.05) is 25.2 Å². The molecule has 0 radical (unpaired) electrons. The second-order valence-corrected chi connectivity index (χ2v) is 6.81. The fraction of sp³-hybridized carbons (Fsp3) is 0.500. The SMILES string of the molecule is CCOC(=O)N1CCC(NC(=O)COC(=O)/C=C/c2ccc(OCC)c(OC)c2)CC1. The molecule has 9 heteroatoms. The smallest absolute Gasteiger partial charge is 0.409 e. The van der Waals surface area contributed by atoms with Crippen molar-refractivity contribution < 1.29 is 33.3 Å². The molecule has 0 aromatic heterocycles. The Balaban J connectivity index is 1.74. The molecule has 0 saturated carbocycles. The summed E-state index contributed by atoms with van der Waals surface area (Å²) >= 11 is 0. The largest absolute Gasteiger partial charge is 0.493 e. The van der Waals surface area contributed by atoms with Crippen molar-refractivity contribution in [3.8, 4) is 11.5 Å².